The second-order valence-electron chi connectivity index (χ2n) is 3.45. The molecule has 6 heteroatoms. The second-order valence-corrected chi connectivity index (χ2v) is 5.14. The molecule has 0 saturated carbocycles. The van der Waals surface area contributed by atoms with Crippen molar-refractivity contribution >= 4 is 13.6 Å². The van der Waals surface area contributed by atoms with Crippen LogP contribution in [0.2, 0.25) is 0 Å². The molecule has 0 spiro atoms. The summed E-state index contributed by atoms with van der Waals surface area (Å²) < 4.78 is 15.3. The number of rotatable bonds is 8. The predicted molar refractivity (Wildman–Crippen MR) is 61.2 cm³/mol. The Morgan fingerprint density at radius 2 is 2.00 bits per heavy atom. The van der Waals surface area contributed by atoms with E-state index in [1.54, 1.807) is 0 Å². The SMILES string of the molecule is CCCCCOC(=O)CC=CCP(=O)(O)O. The molecule has 0 aliphatic carbocycles. The lowest BCUT2D eigenvalue weighted by Crippen LogP contribution is -2.04. The van der Waals surface area contributed by atoms with Crippen molar-refractivity contribution in [3.05, 3.63) is 12.2 Å². The van der Waals surface area contributed by atoms with Gasteiger partial charge in [-0.1, -0.05) is 31.9 Å². The Balaban J connectivity index is 3.54. The van der Waals surface area contributed by atoms with Gasteiger partial charge in [0.1, 0.15) is 0 Å². The van der Waals surface area contributed by atoms with E-state index in [1.807, 2.05) is 0 Å². The summed E-state index contributed by atoms with van der Waals surface area (Å²) in [4.78, 5) is 28.1. The van der Waals surface area contributed by atoms with E-state index in [4.69, 9.17) is 14.5 Å². The van der Waals surface area contributed by atoms with Crippen LogP contribution < -0.4 is 0 Å². The van der Waals surface area contributed by atoms with Gasteiger partial charge in [-0.3, -0.25) is 9.36 Å². The monoisotopic (exact) mass is 250 g/mol. The molecular formula is C10H19O5P. The Labute approximate surface area is 95.7 Å². The minimum absolute atomic E-state index is 0.0616. The number of hydrogen-bond donors (Lipinski definition) is 2. The third kappa shape index (κ3) is 11.4. The number of hydrogen-bond acceptors (Lipinski definition) is 3. The number of ether oxygens (including phenoxy) is 1. The Morgan fingerprint density at radius 1 is 1.31 bits per heavy atom. The normalized spacial score (nSPS) is 11.9. The van der Waals surface area contributed by atoms with Gasteiger partial charge in [0.25, 0.3) is 0 Å². The Bertz CT molecular complexity index is 268. The molecule has 0 aromatic heterocycles. The lowest BCUT2D eigenvalue weighted by atomic mass is 10.3. The molecule has 2 N–H and O–H groups in total. The maximum absolute atomic E-state index is 11.1. The molecule has 0 amide bonds. The summed E-state index contributed by atoms with van der Waals surface area (Å²) in [6, 6.07) is 0. The first-order valence-corrected chi connectivity index (χ1v) is 7.10. The van der Waals surface area contributed by atoms with Crippen LogP contribution >= 0.6 is 7.60 Å². The van der Waals surface area contributed by atoms with Crippen LogP contribution in [0.5, 0.6) is 0 Å². The molecule has 0 aromatic carbocycles. The average molecular weight is 250 g/mol. The van der Waals surface area contributed by atoms with Gasteiger partial charge in [-0.25, -0.2) is 0 Å². The predicted octanol–water partition coefficient (Wildman–Crippen LogP) is 1.84. The highest BCUT2D eigenvalue weighted by Gasteiger charge is 2.08. The molecule has 0 saturated heterocycles. The fraction of sp³-hybridized carbons (Fsp3) is 0.700. The van der Waals surface area contributed by atoms with Gasteiger partial charge in [0.05, 0.1) is 19.2 Å². The molecule has 0 unspecified atom stereocenters. The van der Waals surface area contributed by atoms with Crippen LogP contribution in [0.1, 0.15) is 32.6 Å². The quantitative estimate of drug-likeness (QED) is 0.297. The maximum Gasteiger partial charge on any atom is 0.329 e. The van der Waals surface area contributed by atoms with E-state index < -0.39 is 7.60 Å². The molecule has 5 nitrogen and oxygen atoms in total. The second kappa shape index (κ2) is 8.50. The molecule has 0 aliphatic rings. The molecule has 0 radical (unpaired) electrons. The zero-order chi connectivity index (χ0) is 12.4. The van der Waals surface area contributed by atoms with Crippen molar-refractivity contribution in [2.45, 2.75) is 32.6 Å². The molecule has 0 aliphatic heterocycles. The summed E-state index contributed by atoms with van der Waals surface area (Å²) >= 11 is 0. The zero-order valence-electron chi connectivity index (χ0n) is 9.46. The summed E-state index contributed by atoms with van der Waals surface area (Å²) in [5.74, 6) is -0.363. The smallest absolute Gasteiger partial charge is 0.329 e. The van der Waals surface area contributed by atoms with Crippen molar-refractivity contribution in [1.82, 2.24) is 0 Å². The van der Waals surface area contributed by atoms with Gasteiger partial charge in [-0.05, 0) is 6.42 Å². The summed E-state index contributed by atoms with van der Waals surface area (Å²) in [5, 5.41) is 0. The Morgan fingerprint density at radius 3 is 2.56 bits per heavy atom. The topological polar surface area (TPSA) is 83.8 Å². The third-order valence-corrected chi connectivity index (χ3v) is 2.49. The first kappa shape index (κ1) is 15.4. The van der Waals surface area contributed by atoms with E-state index in [-0.39, 0.29) is 18.6 Å². The van der Waals surface area contributed by atoms with Crippen LogP contribution in [0.25, 0.3) is 0 Å². The van der Waals surface area contributed by atoms with Gasteiger partial charge in [0, 0.05) is 0 Å². The average Bonchev–Trinajstić information content (AvgIpc) is 2.18. The molecule has 0 aromatic rings. The highest BCUT2D eigenvalue weighted by molar-refractivity contribution is 7.51. The molecule has 94 valence electrons. The summed E-state index contributed by atoms with van der Waals surface area (Å²) in [6.45, 7) is 2.48. The first-order chi connectivity index (χ1) is 7.45. The first-order valence-electron chi connectivity index (χ1n) is 5.31. The number of esters is 1. The van der Waals surface area contributed by atoms with Crippen LogP contribution in [0.4, 0.5) is 0 Å². The minimum Gasteiger partial charge on any atom is -0.465 e. The van der Waals surface area contributed by atoms with Crippen molar-refractivity contribution in [1.29, 1.82) is 0 Å². The van der Waals surface area contributed by atoms with Gasteiger partial charge < -0.3 is 14.5 Å². The largest absolute Gasteiger partial charge is 0.465 e. The highest BCUT2D eigenvalue weighted by atomic mass is 31.2. The fourth-order valence-corrected chi connectivity index (χ4v) is 1.41. The van der Waals surface area contributed by atoms with Gasteiger partial charge in [-0.2, -0.15) is 0 Å². The fourth-order valence-electron chi connectivity index (χ4n) is 0.988. The van der Waals surface area contributed by atoms with Crippen molar-refractivity contribution in [3.63, 3.8) is 0 Å². The number of allylic oxidation sites excluding steroid dienone is 1. The highest BCUT2D eigenvalue weighted by Crippen LogP contribution is 2.33. The van der Waals surface area contributed by atoms with E-state index in [9.17, 15) is 9.36 Å². The number of carbonyl (C=O) groups excluding carboxylic acids is 1. The van der Waals surface area contributed by atoms with Gasteiger partial charge >= 0.3 is 13.6 Å². The van der Waals surface area contributed by atoms with E-state index in [0.717, 1.165) is 19.3 Å². The molecule has 0 bridgehead atoms. The van der Waals surface area contributed by atoms with Gasteiger partial charge in [0.15, 0.2) is 0 Å². The van der Waals surface area contributed by atoms with Crippen molar-refractivity contribution < 1.29 is 23.9 Å². The number of carbonyl (C=O) groups is 1. The zero-order valence-corrected chi connectivity index (χ0v) is 10.4. The summed E-state index contributed by atoms with van der Waals surface area (Å²) in [7, 11) is -3.99. The minimum atomic E-state index is -3.99. The van der Waals surface area contributed by atoms with Gasteiger partial charge in [-0.15, -0.1) is 0 Å². The Kier molecular flexibility index (Phi) is 8.16. The summed E-state index contributed by atoms with van der Waals surface area (Å²) in [5.41, 5.74) is 0. The lowest BCUT2D eigenvalue weighted by Gasteiger charge is -2.01. The van der Waals surface area contributed by atoms with E-state index in [1.165, 1.54) is 12.2 Å². The third-order valence-electron chi connectivity index (χ3n) is 1.81. The van der Waals surface area contributed by atoms with Crippen LogP contribution in [0, 0.1) is 0 Å². The van der Waals surface area contributed by atoms with Crippen LogP contribution in [-0.2, 0) is 14.1 Å². The van der Waals surface area contributed by atoms with Crippen molar-refractivity contribution in [3.8, 4) is 0 Å². The molecule has 0 atom stereocenters. The van der Waals surface area contributed by atoms with Crippen LogP contribution in [0.3, 0.4) is 0 Å². The van der Waals surface area contributed by atoms with Crippen LogP contribution in [-0.4, -0.2) is 28.5 Å². The Hall–Kier alpha value is -0.640. The van der Waals surface area contributed by atoms with E-state index in [0.29, 0.717) is 6.61 Å². The van der Waals surface area contributed by atoms with Crippen molar-refractivity contribution in [2.75, 3.05) is 12.8 Å². The standard InChI is InChI=1S/C10H19O5P/c1-2-3-5-8-15-10(11)7-4-6-9-16(12,13)14/h4,6H,2-3,5,7-9H2,1H3,(H2,12,13,14). The molecular weight excluding hydrogens is 231 g/mol. The molecule has 0 heterocycles. The molecule has 0 fully saturated rings. The maximum atomic E-state index is 11.1. The molecule has 16 heavy (non-hydrogen) atoms. The van der Waals surface area contributed by atoms with E-state index >= 15 is 0 Å². The molecule has 0 rings (SSSR count). The van der Waals surface area contributed by atoms with Crippen LogP contribution in [0.15, 0.2) is 12.2 Å². The summed E-state index contributed by atoms with van der Waals surface area (Å²) in [6.07, 6.45) is 5.40. The van der Waals surface area contributed by atoms with Crippen molar-refractivity contribution in [2.24, 2.45) is 0 Å². The lowest BCUT2D eigenvalue weighted by molar-refractivity contribution is -0.142. The van der Waals surface area contributed by atoms with E-state index in [2.05, 4.69) is 6.92 Å². The van der Waals surface area contributed by atoms with Gasteiger partial charge in [0.2, 0.25) is 0 Å². The number of unbranched alkanes of at least 4 members (excludes halogenated alkanes) is 2.